The van der Waals surface area contributed by atoms with Gasteiger partial charge in [0.15, 0.2) is 0 Å². The van der Waals surface area contributed by atoms with Crippen LogP contribution in [0, 0.1) is 0 Å². The Labute approximate surface area is 171 Å². The number of rotatable bonds is 4. The molecule has 0 fully saturated rings. The summed E-state index contributed by atoms with van der Waals surface area (Å²) < 4.78 is 16.6. The number of pyridine rings is 1. The van der Waals surface area contributed by atoms with Crippen molar-refractivity contribution in [3.8, 4) is 0 Å². The number of hydrogen-bond acceptors (Lipinski definition) is 6. The number of esters is 3. The smallest absolute Gasteiger partial charge is 0.356 e. The molecule has 0 unspecified atom stereocenters. The van der Waals surface area contributed by atoms with Crippen molar-refractivity contribution >= 4 is 45.1 Å². The number of hydrogen-bond donors (Lipinski definition) is 0. The second kappa shape index (κ2) is 7.51. The van der Waals surface area contributed by atoms with Crippen LogP contribution in [-0.2, 0) is 14.2 Å². The van der Waals surface area contributed by atoms with Gasteiger partial charge in [-0.2, -0.15) is 0 Å². The van der Waals surface area contributed by atoms with Crippen LogP contribution in [0.5, 0.6) is 0 Å². The van der Waals surface area contributed by atoms with Crippen molar-refractivity contribution in [2.75, 3.05) is 20.8 Å². The van der Waals surface area contributed by atoms with Crippen molar-refractivity contribution < 1.29 is 28.6 Å². The largest absolute Gasteiger partial charge is 0.465 e. The first-order valence-electron chi connectivity index (χ1n) is 9.36. The number of fused-ring (bicyclic) bond motifs is 5. The lowest BCUT2D eigenvalue weighted by Crippen LogP contribution is -2.16. The number of ether oxygens (including phenoxy) is 3. The molecule has 0 N–H and O–H groups in total. The highest BCUT2D eigenvalue weighted by Gasteiger charge is 2.34. The second-order valence-electron chi connectivity index (χ2n) is 6.58. The molecule has 0 bridgehead atoms. The molecular weight excluding hydrogens is 386 g/mol. The fourth-order valence-electron chi connectivity index (χ4n) is 3.82. The molecule has 30 heavy (non-hydrogen) atoms. The zero-order valence-corrected chi connectivity index (χ0v) is 16.7. The molecule has 0 atom stereocenters. The zero-order chi connectivity index (χ0) is 21.4. The third kappa shape index (κ3) is 2.78. The van der Waals surface area contributed by atoms with Crippen LogP contribution in [0.1, 0.15) is 38.1 Å². The normalized spacial score (nSPS) is 11.0. The van der Waals surface area contributed by atoms with Gasteiger partial charge in [0.2, 0.25) is 0 Å². The SMILES string of the molecule is CCOC(=O)c1c(C(=O)OC)c(C(=O)OC)c2ccc3c4ccccc4ccc3n12. The van der Waals surface area contributed by atoms with E-state index in [4.69, 9.17) is 14.2 Å². The fraction of sp³-hybridized carbons (Fsp3) is 0.174. The van der Waals surface area contributed by atoms with E-state index in [9.17, 15) is 14.4 Å². The Balaban J connectivity index is 2.25. The van der Waals surface area contributed by atoms with E-state index in [0.29, 0.717) is 11.0 Å². The van der Waals surface area contributed by atoms with E-state index < -0.39 is 17.9 Å². The van der Waals surface area contributed by atoms with Crippen LogP contribution in [0.25, 0.3) is 27.2 Å². The van der Waals surface area contributed by atoms with Crippen LogP contribution >= 0.6 is 0 Å². The molecule has 0 aliphatic rings. The Kier molecular flexibility index (Phi) is 4.87. The molecule has 0 amide bonds. The molecule has 2 aromatic heterocycles. The van der Waals surface area contributed by atoms with Crippen molar-refractivity contribution in [2.45, 2.75) is 6.92 Å². The van der Waals surface area contributed by atoms with Gasteiger partial charge in [-0.25, -0.2) is 14.4 Å². The molecule has 0 radical (unpaired) electrons. The first-order valence-corrected chi connectivity index (χ1v) is 9.36. The van der Waals surface area contributed by atoms with Crippen LogP contribution in [-0.4, -0.2) is 43.1 Å². The lowest BCUT2D eigenvalue weighted by molar-refractivity contribution is 0.0495. The van der Waals surface area contributed by atoms with E-state index in [1.54, 1.807) is 17.4 Å². The van der Waals surface area contributed by atoms with Gasteiger partial charge in [-0.1, -0.05) is 36.4 Å². The summed E-state index contributed by atoms with van der Waals surface area (Å²) in [5, 5.41) is 2.85. The van der Waals surface area contributed by atoms with Gasteiger partial charge in [-0.15, -0.1) is 0 Å². The minimum absolute atomic E-state index is 0.0394. The Bertz CT molecular complexity index is 1330. The molecule has 0 aliphatic heterocycles. The van der Waals surface area contributed by atoms with E-state index >= 15 is 0 Å². The van der Waals surface area contributed by atoms with Gasteiger partial charge in [-0.3, -0.25) is 0 Å². The molecular formula is C23H19NO6. The van der Waals surface area contributed by atoms with Crippen LogP contribution < -0.4 is 0 Å². The summed E-state index contributed by atoms with van der Waals surface area (Å²) in [6, 6.07) is 15.1. The standard InChI is InChI=1S/C23H19NO6/c1-4-30-23(27)20-19(22(26)29-3)18(21(25)28-2)17-12-10-15-14-8-6-5-7-13(14)9-11-16(15)24(17)20/h5-12H,4H2,1-3H3. The zero-order valence-electron chi connectivity index (χ0n) is 16.7. The van der Waals surface area contributed by atoms with Crippen molar-refractivity contribution in [1.82, 2.24) is 4.40 Å². The Morgan fingerprint density at radius 1 is 0.767 bits per heavy atom. The Morgan fingerprint density at radius 3 is 2.13 bits per heavy atom. The van der Waals surface area contributed by atoms with Crippen molar-refractivity contribution in [1.29, 1.82) is 0 Å². The molecule has 4 aromatic rings. The number of methoxy groups -OCH3 is 2. The van der Waals surface area contributed by atoms with Gasteiger partial charge >= 0.3 is 17.9 Å². The van der Waals surface area contributed by atoms with Gasteiger partial charge in [-0.05, 0) is 29.8 Å². The summed E-state index contributed by atoms with van der Waals surface area (Å²) in [6.07, 6.45) is 0. The van der Waals surface area contributed by atoms with Crippen LogP contribution in [0.3, 0.4) is 0 Å². The minimum Gasteiger partial charge on any atom is -0.465 e. The predicted molar refractivity (Wildman–Crippen MR) is 111 cm³/mol. The molecule has 152 valence electrons. The monoisotopic (exact) mass is 405 g/mol. The quantitative estimate of drug-likeness (QED) is 0.290. The molecule has 2 heterocycles. The highest BCUT2D eigenvalue weighted by atomic mass is 16.5. The maximum atomic E-state index is 12.9. The van der Waals surface area contributed by atoms with E-state index in [1.165, 1.54) is 14.2 Å². The van der Waals surface area contributed by atoms with Crippen LogP contribution in [0.4, 0.5) is 0 Å². The summed E-state index contributed by atoms with van der Waals surface area (Å²) in [5.74, 6) is -2.30. The maximum Gasteiger partial charge on any atom is 0.356 e. The summed E-state index contributed by atoms with van der Waals surface area (Å²) in [4.78, 5) is 38.2. The predicted octanol–water partition coefficient (Wildman–Crippen LogP) is 4.00. The first-order chi connectivity index (χ1) is 14.5. The maximum absolute atomic E-state index is 12.9. The number of aromatic nitrogens is 1. The average Bonchev–Trinajstić information content (AvgIpc) is 3.13. The molecule has 0 aliphatic carbocycles. The van der Waals surface area contributed by atoms with Crippen molar-refractivity contribution in [3.63, 3.8) is 0 Å². The van der Waals surface area contributed by atoms with Gasteiger partial charge < -0.3 is 18.6 Å². The summed E-state index contributed by atoms with van der Waals surface area (Å²) >= 11 is 0. The average molecular weight is 405 g/mol. The highest BCUT2D eigenvalue weighted by Crippen LogP contribution is 2.33. The van der Waals surface area contributed by atoms with E-state index in [0.717, 1.165) is 16.2 Å². The number of carbonyl (C=O) groups is 3. The third-order valence-electron chi connectivity index (χ3n) is 5.05. The molecule has 2 aromatic carbocycles. The molecule has 0 saturated heterocycles. The van der Waals surface area contributed by atoms with E-state index in [-0.39, 0.29) is 23.4 Å². The molecule has 7 heteroatoms. The van der Waals surface area contributed by atoms with Crippen molar-refractivity contribution in [2.24, 2.45) is 0 Å². The molecule has 0 saturated carbocycles. The number of carbonyl (C=O) groups excluding carboxylic acids is 3. The van der Waals surface area contributed by atoms with E-state index in [1.807, 2.05) is 42.5 Å². The van der Waals surface area contributed by atoms with Gasteiger partial charge in [0, 0.05) is 5.39 Å². The van der Waals surface area contributed by atoms with Crippen molar-refractivity contribution in [3.05, 3.63) is 65.4 Å². The van der Waals surface area contributed by atoms with Crippen LogP contribution in [0.2, 0.25) is 0 Å². The summed E-state index contributed by atoms with van der Waals surface area (Å²) in [6.45, 7) is 1.77. The lowest BCUT2D eigenvalue weighted by atomic mass is 10.0. The van der Waals surface area contributed by atoms with Gasteiger partial charge in [0.25, 0.3) is 0 Å². The number of benzene rings is 2. The molecule has 4 rings (SSSR count). The molecule has 0 spiro atoms. The lowest BCUT2D eigenvalue weighted by Gasteiger charge is -2.10. The number of nitrogens with zero attached hydrogens (tertiary/aromatic N) is 1. The first kappa shape index (κ1) is 19.4. The fourth-order valence-corrected chi connectivity index (χ4v) is 3.82. The van der Waals surface area contributed by atoms with Gasteiger partial charge in [0.1, 0.15) is 16.8 Å². The molecule has 7 nitrogen and oxygen atoms in total. The van der Waals surface area contributed by atoms with Crippen LogP contribution in [0.15, 0.2) is 48.5 Å². The summed E-state index contributed by atoms with van der Waals surface area (Å²) in [5.41, 5.74) is 0.716. The van der Waals surface area contributed by atoms with E-state index in [2.05, 4.69) is 0 Å². The highest BCUT2D eigenvalue weighted by molar-refractivity contribution is 6.17. The second-order valence-corrected chi connectivity index (χ2v) is 6.58. The summed E-state index contributed by atoms with van der Waals surface area (Å²) in [7, 11) is 2.40. The Morgan fingerprint density at radius 2 is 1.43 bits per heavy atom. The van der Waals surface area contributed by atoms with Gasteiger partial charge in [0.05, 0.1) is 31.9 Å². The Hall–Kier alpha value is -3.87. The topological polar surface area (TPSA) is 83.3 Å². The minimum atomic E-state index is -0.823. The third-order valence-corrected chi connectivity index (χ3v) is 5.05.